The number of nitrogens with zero attached hydrogens (tertiary/aromatic N) is 2. The molecule has 0 radical (unpaired) electrons. The van der Waals surface area contributed by atoms with E-state index in [1.807, 2.05) is 23.1 Å². The molecule has 26 heavy (non-hydrogen) atoms. The summed E-state index contributed by atoms with van der Waals surface area (Å²) < 4.78 is 13.0. The summed E-state index contributed by atoms with van der Waals surface area (Å²) >= 11 is 0. The molecule has 0 aliphatic carbocycles. The molecular formula is C21H22FN3O. The molecule has 1 saturated heterocycles. The van der Waals surface area contributed by atoms with Crippen molar-refractivity contribution in [1.29, 1.82) is 5.26 Å². The minimum Gasteiger partial charge on any atom is -0.376 e. The summed E-state index contributed by atoms with van der Waals surface area (Å²) in [5.41, 5.74) is 2.50. The van der Waals surface area contributed by atoms with Gasteiger partial charge in [0, 0.05) is 18.8 Å². The SMILES string of the molecule is N#Cc1cccc(NCC(=O)N2CCC(Cc3ccc(F)cc3)CC2)c1. The third-order valence-corrected chi connectivity index (χ3v) is 4.84. The van der Waals surface area contributed by atoms with E-state index >= 15 is 0 Å². The van der Waals surface area contributed by atoms with E-state index in [1.165, 1.54) is 12.1 Å². The van der Waals surface area contributed by atoms with E-state index in [-0.39, 0.29) is 18.3 Å². The van der Waals surface area contributed by atoms with E-state index in [2.05, 4.69) is 11.4 Å². The quantitative estimate of drug-likeness (QED) is 0.896. The van der Waals surface area contributed by atoms with Gasteiger partial charge in [0.05, 0.1) is 18.2 Å². The third-order valence-electron chi connectivity index (χ3n) is 4.84. The second kappa shape index (κ2) is 8.48. The van der Waals surface area contributed by atoms with Gasteiger partial charge >= 0.3 is 0 Å². The number of hydrogen-bond acceptors (Lipinski definition) is 3. The van der Waals surface area contributed by atoms with Crippen LogP contribution in [0.2, 0.25) is 0 Å². The van der Waals surface area contributed by atoms with E-state index in [9.17, 15) is 9.18 Å². The number of hydrogen-bond donors (Lipinski definition) is 1. The van der Waals surface area contributed by atoms with Crippen LogP contribution in [-0.4, -0.2) is 30.4 Å². The normalized spacial score (nSPS) is 14.7. The molecule has 1 N–H and O–H groups in total. The average molecular weight is 351 g/mol. The molecule has 1 heterocycles. The van der Waals surface area contributed by atoms with Gasteiger partial charge in [-0.25, -0.2) is 4.39 Å². The van der Waals surface area contributed by atoms with Crippen LogP contribution >= 0.6 is 0 Å². The first kappa shape index (κ1) is 17.9. The number of anilines is 1. The minimum absolute atomic E-state index is 0.0765. The Hall–Kier alpha value is -2.87. The Labute approximate surface area is 153 Å². The molecule has 1 aliphatic heterocycles. The number of nitriles is 1. The maximum Gasteiger partial charge on any atom is 0.241 e. The number of piperidine rings is 1. The van der Waals surface area contributed by atoms with E-state index < -0.39 is 0 Å². The van der Waals surface area contributed by atoms with Crippen LogP contribution in [0.15, 0.2) is 48.5 Å². The lowest BCUT2D eigenvalue weighted by Gasteiger charge is -2.32. The van der Waals surface area contributed by atoms with Crippen molar-refractivity contribution in [3.8, 4) is 6.07 Å². The first-order valence-corrected chi connectivity index (χ1v) is 8.90. The number of benzene rings is 2. The lowest BCUT2D eigenvalue weighted by molar-refractivity contribution is -0.130. The molecular weight excluding hydrogens is 329 g/mol. The van der Waals surface area contributed by atoms with Crippen LogP contribution in [0.1, 0.15) is 24.0 Å². The Morgan fingerprint density at radius 2 is 1.92 bits per heavy atom. The Kier molecular flexibility index (Phi) is 5.85. The number of halogens is 1. The summed E-state index contributed by atoms with van der Waals surface area (Å²) in [6.45, 7) is 1.74. The lowest BCUT2D eigenvalue weighted by atomic mass is 9.90. The molecule has 0 aromatic heterocycles. The number of nitrogens with one attached hydrogen (secondary N) is 1. The molecule has 0 atom stereocenters. The summed E-state index contributed by atoms with van der Waals surface area (Å²) in [6.07, 6.45) is 2.86. The van der Waals surface area contributed by atoms with Crippen molar-refractivity contribution in [3.05, 3.63) is 65.5 Å². The smallest absolute Gasteiger partial charge is 0.241 e. The molecule has 2 aromatic rings. The highest BCUT2D eigenvalue weighted by Crippen LogP contribution is 2.22. The summed E-state index contributed by atoms with van der Waals surface area (Å²) in [7, 11) is 0. The topological polar surface area (TPSA) is 56.1 Å². The monoisotopic (exact) mass is 351 g/mol. The van der Waals surface area contributed by atoms with Crippen molar-refractivity contribution < 1.29 is 9.18 Å². The van der Waals surface area contributed by atoms with Gasteiger partial charge in [0.1, 0.15) is 5.82 Å². The highest BCUT2D eigenvalue weighted by atomic mass is 19.1. The van der Waals surface area contributed by atoms with E-state index in [1.54, 1.807) is 18.2 Å². The van der Waals surface area contributed by atoms with E-state index in [0.717, 1.165) is 43.6 Å². The predicted octanol–water partition coefficient (Wildman–Crippen LogP) is 3.59. The summed E-state index contributed by atoms with van der Waals surface area (Å²) in [4.78, 5) is 14.3. The molecule has 1 amide bonds. The van der Waals surface area contributed by atoms with Crippen molar-refractivity contribution >= 4 is 11.6 Å². The Morgan fingerprint density at radius 1 is 1.19 bits per heavy atom. The first-order valence-electron chi connectivity index (χ1n) is 8.90. The van der Waals surface area contributed by atoms with Gasteiger partial charge < -0.3 is 10.2 Å². The second-order valence-corrected chi connectivity index (χ2v) is 6.70. The summed E-state index contributed by atoms with van der Waals surface area (Å²) in [5.74, 6) is 0.402. The van der Waals surface area contributed by atoms with Gasteiger partial charge in [-0.3, -0.25) is 4.79 Å². The van der Waals surface area contributed by atoms with Gasteiger partial charge in [-0.05, 0) is 61.1 Å². The average Bonchev–Trinajstić information content (AvgIpc) is 2.68. The molecule has 3 rings (SSSR count). The lowest BCUT2D eigenvalue weighted by Crippen LogP contribution is -2.41. The van der Waals surface area contributed by atoms with Gasteiger partial charge in [0.25, 0.3) is 0 Å². The van der Waals surface area contributed by atoms with E-state index in [4.69, 9.17) is 5.26 Å². The largest absolute Gasteiger partial charge is 0.376 e. The molecule has 1 fully saturated rings. The van der Waals surface area contributed by atoms with Gasteiger partial charge in [-0.1, -0.05) is 18.2 Å². The Bertz CT molecular complexity index is 790. The number of rotatable bonds is 5. The standard InChI is InChI=1S/C21H22FN3O/c22-19-6-4-16(5-7-19)12-17-8-10-25(11-9-17)21(26)15-24-20-3-1-2-18(13-20)14-23/h1-7,13,17,24H,8-12,15H2. The van der Waals surface area contributed by atoms with Gasteiger partial charge in [0.15, 0.2) is 0 Å². The Morgan fingerprint density at radius 3 is 2.62 bits per heavy atom. The number of carbonyl (C=O) groups is 1. The van der Waals surface area contributed by atoms with Crippen LogP contribution < -0.4 is 5.32 Å². The highest BCUT2D eigenvalue weighted by Gasteiger charge is 2.22. The van der Waals surface area contributed by atoms with E-state index in [0.29, 0.717) is 11.5 Å². The van der Waals surface area contributed by atoms with Crippen LogP contribution in [0, 0.1) is 23.1 Å². The van der Waals surface area contributed by atoms with Gasteiger partial charge in [-0.2, -0.15) is 5.26 Å². The zero-order valence-corrected chi connectivity index (χ0v) is 14.6. The molecule has 0 saturated carbocycles. The van der Waals surface area contributed by atoms with Gasteiger partial charge in [-0.15, -0.1) is 0 Å². The van der Waals surface area contributed by atoms with Crippen LogP contribution in [0.5, 0.6) is 0 Å². The van der Waals surface area contributed by atoms with Crippen LogP contribution in [-0.2, 0) is 11.2 Å². The Balaban J connectivity index is 1.44. The molecule has 5 heteroatoms. The van der Waals surface area contributed by atoms with Crippen molar-refractivity contribution in [2.75, 3.05) is 25.0 Å². The molecule has 0 spiro atoms. The number of amides is 1. The second-order valence-electron chi connectivity index (χ2n) is 6.70. The first-order chi connectivity index (χ1) is 12.6. The highest BCUT2D eigenvalue weighted by molar-refractivity contribution is 5.81. The summed E-state index contributed by atoms with van der Waals surface area (Å²) in [6, 6.07) is 15.9. The fourth-order valence-electron chi connectivity index (χ4n) is 3.33. The zero-order chi connectivity index (χ0) is 18.4. The minimum atomic E-state index is -0.207. The maximum absolute atomic E-state index is 13.0. The fraction of sp³-hybridized carbons (Fsp3) is 0.333. The fourth-order valence-corrected chi connectivity index (χ4v) is 3.33. The summed E-state index contributed by atoms with van der Waals surface area (Å²) in [5, 5.41) is 12.0. The molecule has 0 bridgehead atoms. The zero-order valence-electron chi connectivity index (χ0n) is 14.6. The molecule has 4 nitrogen and oxygen atoms in total. The van der Waals surface area contributed by atoms with Crippen molar-refractivity contribution in [2.45, 2.75) is 19.3 Å². The molecule has 134 valence electrons. The third kappa shape index (κ3) is 4.82. The number of likely N-dealkylation sites (tertiary alicyclic amines) is 1. The molecule has 1 aliphatic rings. The maximum atomic E-state index is 13.0. The number of carbonyl (C=O) groups excluding carboxylic acids is 1. The van der Waals surface area contributed by atoms with Gasteiger partial charge in [0.2, 0.25) is 5.91 Å². The van der Waals surface area contributed by atoms with Crippen LogP contribution in [0.25, 0.3) is 0 Å². The van der Waals surface area contributed by atoms with Crippen LogP contribution in [0.4, 0.5) is 10.1 Å². The molecule has 2 aromatic carbocycles. The predicted molar refractivity (Wildman–Crippen MR) is 99.1 cm³/mol. The molecule has 0 unspecified atom stereocenters. The van der Waals surface area contributed by atoms with Crippen LogP contribution in [0.3, 0.4) is 0 Å². The van der Waals surface area contributed by atoms with Crippen molar-refractivity contribution in [3.63, 3.8) is 0 Å². The van der Waals surface area contributed by atoms with Crippen molar-refractivity contribution in [2.24, 2.45) is 5.92 Å². The van der Waals surface area contributed by atoms with Crippen molar-refractivity contribution in [1.82, 2.24) is 4.90 Å².